The summed E-state index contributed by atoms with van der Waals surface area (Å²) in [6.45, 7) is 10.4. The molecule has 0 radical (unpaired) electrons. The number of morpholine rings is 1. The van der Waals surface area contributed by atoms with Crippen molar-refractivity contribution >= 4 is 17.7 Å². The van der Waals surface area contributed by atoms with E-state index in [9.17, 15) is 9.59 Å². The highest BCUT2D eigenvalue weighted by atomic mass is 16.6. The van der Waals surface area contributed by atoms with Gasteiger partial charge in [-0.25, -0.2) is 4.79 Å². The molecule has 0 spiro atoms. The molecular weight excluding hydrogens is 370 g/mol. The van der Waals surface area contributed by atoms with Gasteiger partial charge in [-0.3, -0.25) is 4.79 Å². The first-order valence-corrected chi connectivity index (χ1v) is 10.6. The molecule has 1 atom stereocenters. The standard InChI is InChI=1S/C22H31N3O4/c1-22(2,3)29-21(27)24-8-9-25-18(15-24)7-5-16-4-6-17(14-19(16)20(25)26)23-10-12-28-13-11-23/h4,6,14,18H,5,7-13,15H2,1-3H3. The van der Waals surface area contributed by atoms with Crippen molar-refractivity contribution in [3.8, 4) is 0 Å². The molecule has 29 heavy (non-hydrogen) atoms. The minimum atomic E-state index is -0.514. The van der Waals surface area contributed by atoms with Crippen LogP contribution in [-0.2, 0) is 15.9 Å². The zero-order valence-corrected chi connectivity index (χ0v) is 17.6. The fourth-order valence-corrected chi connectivity index (χ4v) is 4.34. The van der Waals surface area contributed by atoms with Crippen molar-refractivity contribution in [3.63, 3.8) is 0 Å². The van der Waals surface area contributed by atoms with Crippen LogP contribution in [0, 0.1) is 0 Å². The van der Waals surface area contributed by atoms with Gasteiger partial charge in [-0.2, -0.15) is 0 Å². The summed E-state index contributed by atoms with van der Waals surface area (Å²) in [5.74, 6) is 0.0847. The first-order chi connectivity index (χ1) is 13.8. The van der Waals surface area contributed by atoms with Gasteiger partial charge in [-0.1, -0.05) is 6.07 Å². The predicted octanol–water partition coefficient (Wildman–Crippen LogP) is 2.53. The summed E-state index contributed by atoms with van der Waals surface area (Å²) in [5.41, 5.74) is 2.48. The van der Waals surface area contributed by atoms with Crippen LogP contribution in [0.15, 0.2) is 18.2 Å². The van der Waals surface area contributed by atoms with Crippen LogP contribution in [0.4, 0.5) is 10.5 Å². The maximum Gasteiger partial charge on any atom is 0.410 e. The quantitative estimate of drug-likeness (QED) is 0.724. The van der Waals surface area contributed by atoms with Crippen molar-refractivity contribution < 1.29 is 19.1 Å². The number of benzene rings is 1. The Bertz CT molecular complexity index is 783. The van der Waals surface area contributed by atoms with Gasteiger partial charge < -0.3 is 24.2 Å². The summed E-state index contributed by atoms with van der Waals surface area (Å²) in [6.07, 6.45) is 1.41. The van der Waals surface area contributed by atoms with E-state index < -0.39 is 5.60 Å². The lowest BCUT2D eigenvalue weighted by Crippen LogP contribution is -2.56. The third kappa shape index (κ3) is 4.34. The fourth-order valence-electron chi connectivity index (χ4n) is 4.34. The Balaban J connectivity index is 1.50. The Kier molecular flexibility index (Phi) is 5.42. The van der Waals surface area contributed by atoms with Crippen LogP contribution in [-0.4, -0.2) is 79.4 Å². The second-order valence-corrected chi connectivity index (χ2v) is 9.06. The van der Waals surface area contributed by atoms with E-state index in [0.29, 0.717) is 19.6 Å². The number of nitrogens with zero attached hydrogens (tertiary/aromatic N) is 3. The van der Waals surface area contributed by atoms with Crippen LogP contribution in [0.25, 0.3) is 0 Å². The molecule has 158 valence electrons. The summed E-state index contributed by atoms with van der Waals surface area (Å²) in [7, 11) is 0. The average Bonchev–Trinajstić information content (AvgIpc) is 2.84. The smallest absolute Gasteiger partial charge is 0.410 e. The molecule has 3 heterocycles. The van der Waals surface area contributed by atoms with Crippen molar-refractivity contribution in [2.24, 2.45) is 0 Å². The van der Waals surface area contributed by atoms with Gasteiger partial charge in [0.25, 0.3) is 5.91 Å². The number of carbonyl (C=O) groups is 2. The molecule has 3 aliphatic rings. The summed E-state index contributed by atoms with van der Waals surface area (Å²) >= 11 is 0. The van der Waals surface area contributed by atoms with Crippen molar-refractivity contribution in [2.75, 3.05) is 50.8 Å². The molecule has 2 saturated heterocycles. The van der Waals surface area contributed by atoms with Crippen molar-refractivity contribution in [1.29, 1.82) is 0 Å². The molecule has 2 fully saturated rings. The van der Waals surface area contributed by atoms with Crippen LogP contribution in [0.3, 0.4) is 0 Å². The molecule has 0 saturated carbocycles. The molecule has 4 rings (SSSR count). The number of anilines is 1. The number of aryl methyl sites for hydroxylation is 1. The molecule has 0 aromatic heterocycles. The molecule has 0 N–H and O–H groups in total. The summed E-state index contributed by atoms with van der Waals surface area (Å²) in [6, 6.07) is 6.30. The highest BCUT2D eigenvalue weighted by molar-refractivity contribution is 5.97. The molecule has 1 unspecified atom stereocenters. The Morgan fingerprint density at radius 3 is 2.62 bits per heavy atom. The van der Waals surface area contributed by atoms with Crippen LogP contribution >= 0.6 is 0 Å². The third-order valence-electron chi connectivity index (χ3n) is 5.84. The monoisotopic (exact) mass is 401 g/mol. The van der Waals surface area contributed by atoms with E-state index in [1.165, 1.54) is 0 Å². The number of fused-ring (bicyclic) bond motifs is 2. The topological polar surface area (TPSA) is 62.3 Å². The number of ether oxygens (including phenoxy) is 2. The van der Waals surface area contributed by atoms with Gasteiger partial charge in [0.15, 0.2) is 0 Å². The average molecular weight is 402 g/mol. The molecule has 3 aliphatic heterocycles. The van der Waals surface area contributed by atoms with Crippen LogP contribution in [0.1, 0.15) is 43.1 Å². The van der Waals surface area contributed by atoms with Crippen molar-refractivity contribution in [2.45, 2.75) is 45.3 Å². The molecule has 1 aromatic carbocycles. The first-order valence-electron chi connectivity index (χ1n) is 10.6. The number of carbonyl (C=O) groups excluding carboxylic acids is 2. The Labute approximate surface area is 172 Å². The van der Waals surface area contributed by atoms with Crippen LogP contribution in [0.5, 0.6) is 0 Å². The van der Waals surface area contributed by atoms with Crippen LogP contribution in [0.2, 0.25) is 0 Å². The van der Waals surface area contributed by atoms with Gasteiger partial charge in [0.05, 0.1) is 19.3 Å². The second-order valence-electron chi connectivity index (χ2n) is 9.06. The molecule has 0 bridgehead atoms. The fraction of sp³-hybridized carbons (Fsp3) is 0.636. The highest BCUT2D eigenvalue weighted by Gasteiger charge is 2.37. The predicted molar refractivity (Wildman–Crippen MR) is 110 cm³/mol. The maximum absolute atomic E-state index is 13.4. The van der Waals surface area contributed by atoms with Gasteiger partial charge in [0.2, 0.25) is 0 Å². The second kappa shape index (κ2) is 7.86. The van der Waals surface area contributed by atoms with Gasteiger partial charge in [0, 0.05) is 44.0 Å². The SMILES string of the molecule is CC(C)(C)OC(=O)N1CCN2C(=O)c3cc(N4CCOCC4)ccc3CCC2C1. The molecular formula is C22H31N3O4. The van der Waals surface area contributed by atoms with E-state index in [2.05, 4.69) is 17.0 Å². The highest BCUT2D eigenvalue weighted by Crippen LogP contribution is 2.29. The minimum Gasteiger partial charge on any atom is -0.444 e. The number of rotatable bonds is 1. The first kappa shape index (κ1) is 20.0. The van der Waals surface area contributed by atoms with E-state index in [1.807, 2.05) is 31.7 Å². The lowest BCUT2D eigenvalue weighted by Gasteiger charge is -2.41. The van der Waals surface area contributed by atoms with Gasteiger partial charge >= 0.3 is 6.09 Å². The third-order valence-corrected chi connectivity index (χ3v) is 5.84. The lowest BCUT2D eigenvalue weighted by molar-refractivity contribution is 0.00411. The Morgan fingerprint density at radius 2 is 1.90 bits per heavy atom. The van der Waals surface area contributed by atoms with Crippen molar-refractivity contribution in [1.82, 2.24) is 9.80 Å². The van der Waals surface area contributed by atoms with Crippen LogP contribution < -0.4 is 4.90 Å². The Hall–Kier alpha value is -2.28. The van der Waals surface area contributed by atoms with E-state index in [1.54, 1.807) is 4.90 Å². The normalized spacial score (nSPS) is 22.7. The number of piperazine rings is 1. The summed E-state index contributed by atoms with van der Waals surface area (Å²) < 4.78 is 11.0. The number of hydrogen-bond acceptors (Lipinski definition) is 5. The molecule has 0 aliphatic carbocycles. The van der Waals surface area contributed by atoms with E-state index in [-0.39, 0.29) is 18.0 Å². The van der Waals surface area contributed by atoms with E-state index in [4.69, 9.17) is 9.47 Å². The van der Waals surface area contributed by atoms with Gasteiger partial charge in [-0.15, -0.1) is 0 Å². The van der Waals surface area contributed by atoms with Gasteiger partial charge in [0.1, 0.15) is 5.60 Å². The van der Waals surface area contributed by atoms with E-state index >= 15 is 0 Å². The number of hydrogen-bond donors (Lipinski definition) is 0. The minimum absolute atomic E-state index is 0.0306. The molecule has 7 nitrogen and oxygen atoms in total. The number of amides is 2. The van der Waals surface area contributed by atoms with Gasteiger partial charge in [-0.05, 0) is 51.3 Å². The maximum atomic E-state index is 13.4. The Morgan fingerprint density at radius 1 is 1.14 bits per heavy atom. The lowest BCUT2D eigenvalue weighted by atomic mass is 10.0. The zero-order valence-electron chi connectivity index (χ0n) is 17.6. The zero-order chi connectivity index (χ0) is 20.6. The molecule has 2 amide bonds. The summed E-state index contributed by atoms with van der Waals surface area (Å²) in [4.78, 5) is 31.8. The van der Waals surface area contributed by atoms with E-state index in [0.717, 1.165) is 56.0 Å². The van der Waals surface area contributed by atoms with Crippen molar-refractivity contribution in [3.05, 3.63) is 29.3 Å². The molecule has 1 aromatic rings. The largest absolute Gasteiger partial charge is 0.444 e. The molecule has 7 heteroatoms. The summed E-state index contributed by atoms with van der Waals surface area (Å²) in [5, 5.41) is 0.